The molecule has 0 aliphatic rings. The van der Waals surface area contributed by atoms with Crippen LogP contribution in [0.2, 0.25) is 0 Å². The summed E-state index contributed by atoms with van der Waals surface area (Å²) in [6.45, 7) is 10.3. The van der Waals surface area contributed by atoms with Gasteiger partial charge in [0.25, 0.3) is 0 Å². The van der Waals surface area contributed by atoms with Crippen molar-refractivity contribution in [3.05, 3.63) is 105 Å². The molecule has 0 aliphatic heterocycles. The van der Waals surface area contributed by atoms with Crippen LogP contribution in [0.5, 0.6) is 0 Å². The maximum atomic E-state index is 13.8. The van der Waals surface area contributed by atoms with Crippen molar-refractivity contribution in [2.75, 3.05) is 0 Å². The number of aryl methyl sites for hydroxylation is 2. The van der Waals surface area contributed by atoms with Crippen molar-refractivity contribution in [1.82, 2.24) is 10.2 Å². The van der Waals surface area contributed by atoms with Crippen molar-refractivity contribution in [2.24, 2.45) is 0 Å². The van der Waals surface area contributed by atoms with Crippen molar-refractivity contribution < 1.29 is 9.59 Å². The number of halogens is 1. The molecule has 0 unspecified atom stereocenters. The lowest BCUT2D eigenvalue weighted by Crippen LogP contribution is -2.54. The van der Waals surface area contributed by atoms with Gasteiger partial charge < -0.3 is 10.2 Å². The molecule has 4 nitrogen and oxygen atoms in total. The molecule has 1 atom stereocenters. The smallest absolute Gasteiger partial charge is 0.243 e. The largest absolute Gasteiger partial charge is 0.350 e. The number of benzene rings is 3. The second kappa shape index (κ2) is 11.7. The van der Waals surface area contributed by atoms with Gasteiger partial charge in [0.1, 0.15) is 6.04 Å². The van der Waals surface area contributed by atoms with Gasteiger partial charge in [-0.15, -0.1) is 0 Å². The second-order valence-corrected chi connectivity index (χ2v) is 11.2. The fourth-order valence-corrected chi connectivity index (χ4v) is 4.50. The van der Waals surface area contributed by atoms with Crippen molar-refractivity contribution in [2.45, 2.75) is 65.6 Å². The lowest BCUT2D eigenvalue weighted by molar-refractivity contribution is -0.141. The van der Waals surface area contributed by atoms with Gasteiger partial charge in [0, 0.05) is 23.0 Å². The minimum absolute atomic E-state index is 0.0668. The number of nitrogens with one attached hydrogen (secondary N) is 1. The first kappa shape index (κ1) is 26.7. The lowest BCUT2D eigenvalue weighted by Gasteiger charge is -2.34. The number of amides is 2. The van der Waals surface area contributed by atoms with Crippen molar-refractivity contribution in [3.8, 4) is 0 Å². The van der Waals surface area contributed by atoms with E-state index in [9.17, 15) is 9.59 Å². The first-order valence-corrected chi connectivity index (χ1v) is 12.8. The first-order chi connectivity index (χ1) is 16.5. The number of nitrogens with zero attached hydrogens (tertiary/aromatic N) is 1. The molecule has 1 N–H and O–H groups in total. The Balaban J connectivity index is 2.00. The van der Waals surface area contributed by atoms with Crippen LogP contribution >= 0.6 is 15.9 Å². The standard InChI is InChI=1S/C30H35BrN2O2/c1-21-15-22(2)17-25(16-21)19-28(34)33(20-24-11-13-26(31)14-12-24)27(29(35)32-30(3,4)5)18-23-9-7-6-8-10-23/h6-17,27H,18-20H2,1-5H3,(H,32,35)/t27-/m1/s1. The molecule has 0 aromatic heterocycles. The molecule has 5 heteroatoms. The van der Waals surface area contributed by atoms with Crippen molar-refractivity contribution >= 4 is 27.7 Å². The van der Waals surface area contributed by atoms with E-state index in [2.05, 4.69) is 27.3 Å². The van der Waals surface area contributed by atoms with Crippen LogP contribution in [0, 0.1) is 13.8 Å². The van der Waals surface area contributed by atoms with E-state index in [-0.39, 0.29) is 18.2 Å². The summed E-state index contributed by atoms with van der Waals surface area (Å²) in [5, 5.41) is 3.11. The highest BCUT2D eigenvalue weighted by Gasteiger charge is 2.32. The van der Waals surface area contributed by atoms with E-state index in [1.165, 1.54) is 0 Å². The highest BCUT2D eigenvalue weighted by molar-refractivity contribution is 9.10. The third-order valence-corrected chi connectivity index (χ3v) is 6.20. The third-order valence-electron chi connectivity index (χ3n) is 5.67. The summed E-state index contributed by atoms with van der Waals surface area (Å²) in [6.07, 6.45) is 0.686. The molecule has 0 saturated heterocycles. The molecule has 0 radical (unpaired) electrons. The van der Waals surface area contributed by atoms with Gasteiger partial charge in [0.2, 0.25) is 11.8 Å². The van der Waals surface area contributed by atoms with Gasteiger partial charge in [-0.25, -0.2) is 0 Å². The first-order valence-electron chi connectivity index (χ1n) is 12.0. The predicted octanol–water partition coefficient (Wildman–Crippen LogP) is 6.16. The molecule has 3 aromatic rings. The van der Waals surface area contributed by atoms with E-state index in [1.807, 2.05) is 101 Å². The van der Waals surface area contributed by atoms with E-state index >= 15 is 0 Å². The van der Waals surface area contributed by atoms with Gasteiger partial charge in [0.05, 0.1) is 6.42 Å². The Hall–Kier alpha value is -2.92. The van der Waals surface area contributed by atoms with Gasteiger partial charge in [-0.3, -0.25) is 9.59 Å². The molecule has 0 aliphatic carbocycles. The fourth-order valence-electron chi connectivity index (χ4n) is 4.24. The topological polar surface area (TPSA) is 49.4 Å². The molecule has 3 aromatic carbocycles. The van der Waals surface area contributed by atoms with Crippen LogP contribution in [0.25, 0.3) is 0 Å². The van der Waals surface area contributed by atoms with Crippen LogP contribution in [0.3, 0.4) is 0 Å². The highest BCUT2D eigenvalue weighted by Crippen LogP contribution is 2.20. The van der Waals surface area contributed by atoms with Gasteiger partial charge >= 0.3 is 0 Å². The molecule has 0 saturated carbocycles. The van der Waals surface area contributed by atoms with Crippen LogP contribution in [0.1, 0.15) is 48.6 Å². The molecule has 0 heterocycles. The van der Waals surface area contributed by atoms with E-state index < -0.39 is 11.6 Å². The number of carbonyl (C=O) groups excluding carboxylic acids is 2. The second-order valence-electron chi connectivity index (χ2n) is 10.3. The Bertz CT molecular complexity index is 1130. The Kier molecular flexibility index (Phi) is 8.90. The quantitative estimate of drug-likeness (QED) is 0.376. The van der Waals surface area contributed by atoms with Gasteiger partial charge in [-0.2, -0.15) is 0 Å². The number of rotatable bonds is 8. The van der Waals surface area contributed by atoms with Crippen LogP contribution in [-0.4, -0.2) is 28.3 Å². The van der Waals surface area contributed by atoms with Crippen LogP contribution < -0.4 is 5.32 Å². The molecule has 0 fully saturated rings. The van der Waals surface area contributed by atoms with Crippen LogP contribution in [0.15, 0.2) is 77.3 Å². The summed E-state index contributed by atoms with van der Waals surface area (Å²) in [5.74, 6) is -0.213. The SMILES string of the molecule is Cc1cc(C)cc(CC(=O)N(Cc2ccc(Br)cc2)[C@H](Cc2ccccc2)C(=O)NC(C)(C)C)c1. The molecule has 3 rings (SSSR count). The molecule has 184 valence electrons. The van der Waals surface area contributed by atoms with Crippen LogP contribution in [0.4, 0.5) is 0 Å². The predicted molar refractivity (Wildman–Crippen MR) is 146 cm³/mol. The fraction of sp³-hybridized carbons (Fsp3) is 0.333. The maximum absolute atomic E-state index is 13.8. The molecular formula is C30H35BrN2O2. The highest BCUT2D eigenvalue weighted by atomic mass is 79.9. The summed E-state index contributed by atoms with van der Waals surface area (Å²) in [5.41, 5.74) is 4.79. The van der Waals surface area contributed by atoms with Crippen molar-refractivity contribution in [3.63, 3.8) is 0 Å². The minimum Gasteiger partial charge on any atom is -0.350 e. The minimum atomic E-state index is -0.640. The van der Waals surface area contributed by atoms with E-state index in [4.69, 9.17) is 0 Å². The van der Waals surface area contributed by atoms with Gasteiger partial charge in [-0.05, 0) is 63.4 Å². The molecule has 0 bridgehead atoms. The Labute approximate surface area is 217 Å². The average Bonchev–Trinajstić information content (AvgIpc) is 2.76. The average molecular weight is 536 g/mol. The summed E-state index contributed by atoms with van der Waals surface area (Å²) in [4.78, 5) is 29.2. The Morgan fingerprint density at radius 2 is 1.46 bits per heavy atom. The zero-order chi connectivity index (χ0) is 25.6. The summed E-state index contributed by atoms with van der Waals surface area (Å²) >= 11 is 3.48. The Morgan fingerprint density at radius 3 is 2.03 bits per heavy atom. The summed E-state index contributed by atoms with van der Waals surface area (Å²) in [7, 11) is 0. The molecular weight excluding hydrogens is 500 g/mol. The van der Waals surface area contributed by atoms with Crippen LogP contribution in [-0.2, 0) is 29.0 Å². The molecule has 35 heavy (non-hydrogen) atoms. The van der Waals surface area contributed by atoms with Gasteiger partial charge in [0.15, 0.2) is 0 Å². The van der Waals surface area contributed by atoms with E-state index in [1.54, 1.807) is 4.90 Å². The van der Waals surface area contributed by atoms with Crippen molar-refractivity contribution in [1.29, 1.82) is 0 Å². The molecule has 2 amide bonds. The number of hydrogen-bond acceptors (Lipinski definition) is 2. The lowest BCUT2D eigenvalue weighted by atomic mass is 9.99. The van der Waals surface area contributed by atoms with Gasteiger partial charge in [-0.1, -0.05) is 87.7 Å². The third kappa shape index (κ3) is 8.36. The van der Waals surface area contributed by atoms with E-state index in [0.717, 1.165) is 32.3 Å². The Morgan fingerprint density at radius 1 is 0.857 bits per heavy atom. The molecule has 0 spiro atoms. The summed E-state index contributed by atoms with van der Waals surface area (Å²) in [6, 6.07) is 23.3. The van der Waals surface area contributed by atoms with E-state index in [0.29, 0.717) is 13.0 Å². The number of hydrogen-bond donors (Lipinski definition) is 1. The number of carbonyl (C=O) groups is 2. The maximum Gasteiger partial charge on any atom is 0.243 e. The normalized spacial score (nSPS) is 12.2. The zero-order valence-corrected chi connectivity index (χ0v) is 22.9. The zero-order valence-electron chi connectivity index (χ0n) is 21.3. The summed E-state index contributed by atoms with van der Waals surface area (Å²) < 4.78 is 0.973. The monoisotopic (exact) mass is 534 g/mol.